The number of anilines is 1. The number of hydrogen-bond acceptors (Lipinski definition) is 3. The van der Waals surface area contributed by atoms with E-state index >= 15 is 0 Å². The molecule has 0 fully saturated rings. The summed E-state index contributed by atoms with van der Waals surface area (Å²) >= 11 is 0. The van der Waals surface area contributed by atoms with E-state index in [1.807, 2.05) is 41.9 Å². The van der Waals surface area contributed by atoms with Crippen LogP contribution in [0.1, 0.15) is 28.5 Å². The van der Waals surface area contributed by atoms with E-state index in [0.717, 1.165) is 17.7 Å². The Balaban J connectivity index is 1.82. The lowest BCUT2D eigenvalue weighted by atomic mass is 10.1. The van der Waals surface area contributed by atoms with Crippen molar-refractivity contribution in [3.8, 4) is 0 Å². The maximum Gasteiger partial charge on any atom is 0.259 e. The van der Waals surface area contributed by atoms with Gasteiger partial charge in [-0.1, -0.05) is 37.3 Å². The minimum atomic E-state index is -0.169. The van der Waals surface area contributed by atoms with Gasteiger partial charge in [-0.2, -0.15) is 10.2 Å². The van der Waals surface area contributed by atoms with Crippen LogP contribution in [0, 0.1) is 0 Å². The van der Waals surface area contributed by atoms with Crippen LogP contribution in [0.15, 0.2) is 48.9 Å². The Kier molecular flexibility index (Phi) is 4.00. The smallest absolute Gasteiger partial charge is 0.259 e. The first kappa shape index (κ1) is 14.1. The Hall–Kier alpha value is -2.89. The SMILES string of the molecule is CCc1c(C(=O)Nc2cn[nH]c2)cnn1Cc1ccccc1. The van der Waals surface area contributed by atoms with Crippen LogP contribution in [-0.4, -0.2) is 25.9 Å². The van der Waals surface area contributed by atoms with Crippen LogP contribution in [0.2, 0.25) is 0 Å². The molecule has 1 aromatic carbocycles. The summed E-state index contributed by atoms with van der Waals surface area (Å²) in [5.74, 6) is -0.169. The van der Waals surface area contributed by atoms with E-state index in [9.17, 15) is 4.79 Å². The van der Waals surface area contributed by atoms with Gasteiger partial charge in [-0.15, -0.1) is 0 Å². The number of nitrogens with one attached hydrogen (secondary N) is 2. The van der Waals surface area contributed by atoms with Crippen LogP contribution in [0.25, 0.3) is 0 Å². The molecule has 0 bridgehead atoms. The van der Waals surface area contributed by atoms with Crippen molar-refractivity contribution in [2.45, 2.75) is 19.9 Å². The zero-order valence-corrected chi connectivity index (χ0v) is 12.3. The number of benzene rings is 1. The van der Waals surface area contributed by atoms with Crippen LogP contribution in [0.5, 0.6) is 0 Å². The molecule has 0 aliphatic rings. The molecule has 0 atom stereocenters. The van der Waals surface area contributed by atoms with Gasteiger partial charge in [0.1, 0.15) is 0 Å². The zero-order chi connectivity index (χ0) is 15.4. The highest BCUT2D eigenvalue weighted by molar-refractivity contribution is 6.04. The summed E-state index contributed by atoms with van der Waals surface area (Å²) in [6, 6.07) is 10.1. The summed E-state index contributed by atoms with van der Waals surface area (Å²) in [4.78, 5) is 12.4. The van der Waals surface area contributed by atoms with Gasteiger partial charge < -0.3 is 5.32 Å². The molecular weight excluding hydrogens is 278 g/mol. The molecule has 3 rings (SSSR count). The van der Waals surface area contributed by atoms with Crippen LogP contribution < -0.4 is 5.32 Å². The van der Waals surface area contributed by atoms with Crippen molar-refractivity contribution < 1.29 is 4.79 Å². The molecule has 6 heteroatoms. The summed E-state index contributed by atoms with van der Waals surface area (Å²) in [5.41, 5.74) is 3.31. The molecule has 1 amide bonds. The van der Waals surface area contributed by atoms with Crippen molar-refractivity contribution in [3.63, 3.8) is 0 Å². The Morgan fingerprint density at radius 3 is 2.77 bits per heavy atom. The Bertz CT molecular complexity index is 746. The lowest BCUT2D eigenvalue weighted by Gasteiger charge is -2.08. The van der Waals surface area contributed by atoms with Gasteiger partial charge in [0.05, 0.1) is 35.9 Å². The fourth-order valence-corrected chi connectivity index (χ4v) is 2.38. The van der Waals surface area contributed by atoms with Crippen molar-refractivity contribution in [2.75, 3.05) is 5.32 Å². The molecule has 0 saturated heterocycles. The summed E-state index contributed by atoms with van der Waals surface area (Å²) in [5, 5.41) is 13.6. The fraction of sp³-hybridized carbons (Fsp3) is 0.188. The lowest BCUT2D eigenvalue weighted by molar-refractivity contribution is 0.102. The van der Waals surface area contributed by atoms with Crippen molar-refractivity contribution in [1.82, 2.24) is 20.0 Å². The third-order valence-electron chi connectivity index (χ3n) is 3.46. The van der Waals surface area contributed by atoms with Gasteiger partial charge in [0.2, 0.25) is 0 Å². The van der Waals surface area contributed by atoms with Gasteiger partial charge in [-0.05, 0) is 12.0 Å². The van der Waals surface area contributed by atoms with Gasteiger partial charge in [-0.25, -0.2) is 0 Å². The molecule has 2 N–H and O–H groups in total. The van der Waals surface area contributed by atoms with Crippen molar-refractivity contribution >= 4 is 11.6 Å². The Morgan fingerprint density at radius 2 is 2.09 bits per heavy atom. The molecule has 0 spiro atoms. The molecule has 6 nitrogen and oxygen atoms in total. The Labute approximate surface area is 128 Å². The first-order valence-electron chi connectivity index (χ1n) is 7.16. The van der Waals surface area contributed by atoms with E-state index in [-0.39, 0.29) is 5.91 Å². The molecule has 0 aliphatic carbocycles. The molecule has 0 radical (unpaired) electrons. The normalized spacial score (nSPS) is 10.6. The van der Waals surface area contributed by atoms with Crippen molar-refractivity contribution in [2.24, 2.45) is 0 Å². The molecule has 0 aliphatic heterocycles. The average molecular weight is 295 g/mol. The number of carbonyl (C=O) groups excluding carboxylic acids is 1. The van der Waals surface area contributed by atoms with Gasteiger partial charge in [0.15, 0.2) is 0 Å². The zero-order valence-electron chi connectivity index (χ0n) is 12.3. The minimum Gasteiger partial charge on any atom is -0.319 e. The maximum atomic E-state index is 12.4. The number of rotatable bonds is 5. The highest BCUT2D eigenvalue weighted by Gasteiger charge is 2.16. The highest BCUT2D eigenvalue weighted by atomic mass is 16.1. The summed E-state index contributed by atoms with van der Waals surface area (Å²) in [6.07, 6.45) is 5.56. The van der Waals surface area contributed by atoms with Gasteiger partial charge in [0.25, 0.3) is 5.91 Å². The number of amides is 1. The number of aromatic amines is 1. The van der Waals surface area contributed by atoms with E-state index in [0.29, 0.717) is 17.8 Å². The third-order valence-corrected chi connectivity index (χ3v) is 3.46. The Morgan fingerprint density at radius 1 is 1.27 bits per heavy atom. The summed E-state index contributed by atoms with van der Waals surface area (Å²) < 4.78 is 1.87. The molecule has 3 aromatic rings. The molecule has 2 aromatic heterocycles. The second-order valence-electron chi connectivity index (χ2n) is 4.94. The molecule has 22 heavy (non-hydrogen) atoms. The standard InChI is InChI=1S/C16H17N5O/c1-2-15-14(16(22)20-13-8-17-18-9-13)10-19-21(15)11-12-6-4-3-5-7-12/h3-10H,2,11H2,1H3,(H,17,18)(H,20,22). The molecule has 0 unspecified atom stereocenters. The van der Waals surface area contributed by atoms with Crippen LogP contribution in [-0.2, 0) is 13.0 Å². The van der Waals surface area contributed by atoms with Crippen LogP contribution in [0.3, 0.4) is 0 Å². The third kappa shape index (κ3) is 2.90. The van der Waals surface area contributed by atoms with Crippen LogP contribution in [0.4, 0.5) is 5.69 Å². The second-order valence-corrected chi connectivity index (χ2v) is 4.94. The fourth-order valence-electron chi connectivity index (χ4n) is 2.38. The molecule has 112 valence electrons. The van der Waals surface area contributed by atoms with Crippen molar-refractivity contribution in [1.29, 1.82) is 0 Å². The molecular formula is C16H17N5O. The predicted octanol–water partition coefficient (Wildman–Crippen LogP) is 2.47. The van der Waals surface area contributed by atoms with Gasteiger partial charge in [-0.3, -0.25) is 14.6 Å². The van der Waals surface area contributed by atoms with Gasteiger partial charge in [0, 0.05) is 6.20 Å². The number of aromatic nitrogens is 4. The first-order valence-corrected chi connectivity index (χ1v) is 7.16. The van der Waals surface area contributed by atoms with E-state index in [4.69, 9.17) is 0 Å². The average Bonchev–Trinajstić information content (AvgIpc) is 3.17. The van der Waals surface area contributed by atoms with E-state index in [1.165, 1.54) is 0 Å². The van der Waals surface area contributed by atoms with E-state index < -0.39 is 0 Å². The lowest BCUT2D eigenvalue weighted by Crippen LogP contribution is -2.14. The minimum absolute atomic E-state index is 0.169. The predicted molar refractivity (Wildman–Crippen MR) is 83.7 cm³/mol. The van der Waals surface area contributed by atoms with E-state index in [2.05, 4.69) is 20.6 Å². The largest absolute Gasteiger partial charge is 0.319 e. The van der Waals surface area contributed by atoms with E-state index in [1.54, 1.807) is 18.6 Å². The highest BCUT2D eigenvalue weighted by Crippen LogP contribution is 2.14. The first-order chi connectivity index (χ1) is 10.8. The van der Waals surface area contributed by atoms with Crippen molar-refractivity contribution in [3.05, 3.63) is 65.7 Å². The summed E-state index contributed by atoms with van der Waals surface area (Å²) in [7, 11) is 0. The molecule has 0 saturated carbocycles. The topological polar surface area (TPSA) is 75.6 Å². The summed E-state index contributed by atoms with van der Waals surface area (Å²) in [6.45, 7) is 2.68. The number of nitrogens with zero attached hydrogens (tertiary/aromatic N) is 3. The number of carbonyl (C=O) groups is 1. The number of H-pyrrole nitrogens is 1. The van der Waals surface area contributed by atoms with Gasteiger partial charge >= 0.3 is 0 Å². The molecule has 2 heterocycles. The second kappa shape index (κ2) is 6.26. The maximum absolute atomic E-state index is 12.4. The monoisotopic (exact) mass is 295 g/mol. The quantitative estimate of drug-likeness (QED) is 0.759. The van der Waals surface area contributed by atoms with Crippen LogP contribution >= 0.6 is 0 Å². The number of hydrogen-bond donors (Lipinski definition) is 2.